The van der Waals surface area contributed by atoms with Gasteiger partial charge in [-0.15, -0.1) is 0 Å². The van der Waals surface area contributed by atoms with Crippen LogP contribution < -0.4 is 4.74 Å². The number of halogens is 1. The lowest BCUT2D eigenvalue weighted by atomic mass is 9.86. The Balaban J connectivity index is 1.70. The van der Waals surface area contributed by atoms with Crippen molar-refractivity contribution in [2.24, 2.45) is 7.05 Å². The lowest BCUT2D eigenvalue weighted by Gasteiger charge is -2.16. The molecule has 6 heteroatoms. The number of methoxy groups -OCH3 is 1. The number of rotatable bonds is 7. The summed E-state index contributed by atoms with van der Waals surface area (Å²) in [4.78, 5) is 31.1. The van der Waals surface area contributed by atoms with Crippen LogP contribution in [0.4, 0.5) is 0 Å². The van der Waals surface area contributed by atoms with Crippen molar-refractivity contribution in [1.29, 1.82) is 0 Å². The van der Waals surface area contributed by atoms with Crippen molar-refractivity contribution in [2.45, 2.75) is 12.3 Å². The first-order chi connectivity index (χ1) is 15.0. The minimum Gasteiger partial charge on any atom is -0.497 e. The van der Waals surface area contributed by atoms with Gasteiger partial charge in [-0.1, -0.05) is 35.9 Å². The van der Waals surface area contributed by atoms with Crippen molar-refractivity contribution in [3.05, 3.63) is 94.8 Å². The zero-order chi connectivity index (χ0) is 22.0. The van der Waals surface area contributed by atoms with E-state index in [-0.39, 0.29) is 18.0 Å². The molecule has 0 bridgehead atoms. The van der Waals surface area contributed by atoms with E-state index in [9.17, 15) is 9.59 Å². The zero-order valence-electron chi connectivity index (χ0n) is 17.2. The molecule has 0 spiro atoms. The standard InChI is InChI=1S/C25H21ClN2O3/c1-28-22-6-4-3-5-21(22)27-25(28)23(29)15-20(16-9-13-19(31-2)14-10-16)24(30)17-7-11-18(26)12-8-17/h3-14,20H,15H2,1-2H3. The van der Waals surface area contributed by atoms with E-state index in [1.807, 2.05) is 43.4 Å². The van der Waals surface area contributed by atoms with Crippen LogP contribution in [0.1, 0.15) is 38.9 Å². The second-order valence-electron chi connectivity index (χ2n) is 7.31. The second kappa shape index (κ2) is 8.74. The number of ketones is 2. The highest BCUT2D eigenvalue weighted by Gasteiger charge is 2.27. The topological polar surface area (TPSA) is 61.2 Å². The maximum Gasteiger partial charge on any atom is 0.199 e. The van der Waals surface area contributed by atoms with Crippen LogP contribution in [0.2, 0.25) is 5.02 Å². The Morgan fingerprint density at radius 1 is 1.00 bits per heavy atom. The van der Waals surface area contributed by atoms with Gasteiger partial charge in [0.15, 0.2) is 17.4 Å². The summed E-state index contributed by atoms with van der Waals surface area (Å²) in [6.07, 6.45) is 0.00491. The van der Waals surface area contributed by atoms with Gasteiger partial charge in [0.05, 0.1) is 24.1 Å². The summed E-state index contributed by atoms with van der Waals surface area (Å²) in [6.45, 7) is 0. The highest BCUT2D eigenvalue weighted by molar-refractivity contribution is 6.30. The number of hydrogen-bond donors (Lipinski definition) is 0. The second-order valence-corrected chi connectivity index (χ2v) is 7.74. The molecule has 0 aliphatic carbocycles. The number of fused-ring (bicyclic) bond motifs is 1. The summed E-state index contributed by atoms with van der Waals surface area (Å²) in [7, 11) is 3.40. The molecule has 1 unspecified atom stereocenters. The van der Waals surface area contributed by atoms with E-state index in [4.69, 9.17) is 16.3 Å². The number of benzene rings is 3. The molecule has 0 N–H and O–H groups in total. The molecular weight excluding hydrogens is 412 g/mol. The molecule has 1 heterocycles. The number of ether oxygens (including phenoxy) is 1. The molecule has 0 aliphatic heterocycles. The Morgan fingerprint density at radius 3 is 2.32 bits per heavy atom. The molecule has 156 valence electrons. The summed E-state index contributed by atoms with van der Waals surface area (Å²) in [6, 6.07) is 21.5. The van der Waals surface area contributed by atoms with Crippen LogP contribution in [0.25, 0.3) is 11.0 Å². The Kier molecular flexibility index (Phi) is 5.87. The number of carbonyl (C=O) groups is 2. The van der Waals surface area contributed by atoms with Gasteiger partial charge in [-0.05, 0) is 54.1 Å². The van der Waals surface area contributed by atoms with Crippen molar-refractivity contribution in [2.75, 3.05) is 7.11 Å². The predicted octanol–water partition coefficient (Wildman–Crippen LogP) is 5.47. The fraction of sp³-hybridized carbons (Fsp3) is 0.160. The third kappa shape index (κ3) is 4.23. The smallest absolute Gasteiger partial charge is 0.199 e. The number of Topliss-reactive ketones (excluding diaryl/α,β-unsaturated/α-hetero) is 2. The van der Waals surface area contributed by atoms with Crippen LogP contribution in [-0.2, 0) is 7.05 Å². The van der Waals surface area contributed by atoms with Gasteiger partial charge in [-0.2, -0.15) is 0 Å². The minimum absolute atomic E-state index is 0.00491. The van der Waals surface area contributed by atoms with Gasteiger partial charge in [-0.3, -0.25) is 9.59 Å². The van der Waals surface area contributed by atoms with E-state index in [2.05, 4.69) is 4.98 Å². The quantitative estimate of drug-likeness (QED) is 0.363. The monoisotopic (exact) mass is 432 g/mol. The van der Waals surface area contributed by atoms with Gasteiger partial charge in [0.25, 0.3) is 0 Å². The highest BCUT2D eigenvalue weighted by atomic mass is 35.5. The van der Waals surface area contributed by atoms with Crippen LogP contribution in [0.5, 0.6) is 5.75 Å². The number of aryl methyl sites for hydroxylation is 1. The summed E-state index contributed by atoms with van der Waals surface area (Å²) in [5.41, 5.74) is 2.87. The number of aromatic nitrogens is 2. The van der Waals surface area contributed by atoms with E-state index < -0.39 is 5.92 Å². The van der Waals surface area contributed by atoms with Crippen LogP contribution in [0, 0.1) is 0 Å². The first-order valence-electron chi connectivity index (χ1n) is 9.86. The molecule has 0 saturated heterocycles. The Morgan fingerprint density at radius 2 is 1.68 bits per heavy atom. The molecule has 0 saturated carbocycles. The Bertz CT molecular complexity index is 1240. The van der Waals surface area contributed by atoms with Crippen molar-refractivity contribution >= 4 is 34.2 Å². The lowest BCUT2D eigenvalue weighted by molar-refractivity contribution is 0.0887. The average molecular weight is 433 g/mol. The van der Waals surface area contributed by atoms with Crippen molar-refractivity contribution < 1.29 is 14.3 Å². The fourth-order valence-corrected chi connectivity index (χ4v) is 3.81. The number of imidazole rings is 1. The number of nitrogens with zero attached hydrogens (tertiary/aromatic N) is 2. The van der Waals surface area contributed by atoms with Crippen LogP contribution in [0.15, 0.2) is 72.8 Å². The van der Waals surface area contributed by atoms with E-state index in [1.54, 1.807) is 48.1 Å². The van der Waals surface area contributed by atoms with Crippen LogP contribution in [-0.4, -0.2) is 28.2 Å². The van der Waals surface area contributed by atoms with E-state index in [0.29, 0.717) is 22.2 Å². The fourth-order valence-electron chi connectivity index (χ4n) is 3.69. The molecule has 1 aromatic heterocycles. The maximum absolute atomic E-state index is 13.4. The molecule has 5 nitrogen and oxygen atoms in total. The lowest BCUT2D eigenvalue weighted by Crippen LogP contribution is -2.19. The van der Waals surface area contributed by atoms with Crippen molar-refractivity contribution in [1.82, 2.24) is 9.55 Å². The Hall–Kier alpha value is -3.44. The summed E-state index contributed by atoms with van der Waals surface area (Å²) in [5, 5.41) is 0.549. The van der Waals surface area contributed by atoms with Gasteiger partial charge in [0, 0.05) is 24.1 Å². The largest absolute Gasteiger partial charge is 0.497 e. The molecule has 0 radical (unpaired) electrons. The van der Waals surface area contributed by atoms with E-state index >= 15 is 0 Å². The van der Waals surface area contributed by atoms with Gasteiger partial charge in [-0.25, -0.2) is 4.98 Å². The van der Waals surface area contributed by atoms with Gasteiger partial charge >= 0.3 is 0 Å². The average Bonchev–Trinajstić information content (AvgIpc) is 3.14. The highest BCUT2D eigenvalue weighted by Crippen LogP contribution is 2.29. The molecule has 31 heavy (non-hydrogen) atoms. The van der Waals surface area contributed by atoms with Gasteiger partial charge in [0.2, 0.25) is 0 Å². The van der Waals surface area contributed by atoms with Gasteiger partial charge < -0.3 is 9.30 Å². The molecular formula is C25H21ClN2O3. The summed E-state index contributed by atoms with van der Waals surface area (Å²) >= 11 is 5.98. The molecule has 1 atom stereocenters. The Labute approximate surface area is 185 Å². The third-order valence-corrected chi connectivity index (χ3v) is 5.64. The molecule has 0 fully saturated rings. The maximum atomic E-state index is 13.4. The first-order valence-corrected chi connectivity index (χ1v) is 10.2. The van der Waals surface area contributed by atoms with Crippen LogP contribution in [0.3, 0.4) is 0 Å². The molecule has 4 aromatic rings. The number of carbonyl (C=O) groups excluding carboxylic acids is 2. The number of hydrogen-bond acceptors (Lipinski definition) is 4. The third-order valence-electron chi connectivity index (χ3n) is 5.39. The molecule has 0 aliphatic rings. The van der Waals surface area contributed by atoms with E-state index in [1.165, 1.54) is 0 Å². The first kappa shape index (κ1) is 20.8. The predicted molar refractivity (Wildman–Crippen MR) is 121 cm³/mol. The number of para-hydroxylation sites is 2. The summed E-state index contributed by atoms with van der Waals surface area (Å²) < 4.78 is 7.00. The van der Waals surface area contributed by atoms with Crippen molar-refractivity contribution in [3.63, 3.8) is 0 Å². The van der Waals surface area contributed by atoms with Crippen molar-refractivity contribution in [3.8, 4) is 5.75 Å². The van der Waals surface area contributed by atoms with E-state index in [0.717, 1.165) is 16.6 Å². The minimum atomic E-state index is -0.653. The molecule has 0 amide bonds. The SMILES string of the molecule is COc1ccc(C(CC(=O)c2nc3ccccc3n2C)C(=O)c2ccc(Cl)cc2)cc1. The molecule has 3 aromatic carbocycles. The van der Waals surface area contributed by atoms with Gasteiger partial charge in [0.1, 0.15) is 5.75 Å². The van der Waals surface area contributed by atoms with Crippen LogP contribution >= 0.6 is 11.6 Å². The normalized spacial score (nSPS) is 12.0. The zero-order valence-corrected chi connectivity index (χ0v) is 18.0. The molecule has 4 rings (SSSR count). The summed E-state index contributed by atoms with van der Waals surface area (Å²) in [5.74, 6) is 0.0295.